The van der Waals surface area contributed by atoms with E-state index in [2.05, 4.69) is 14.9 Å². The second-order valence-electron chi connectivity index (χ2n) is 4.96. The Kier molecular flexibility index (Phi) is 4.25. The molecular weight excluding hydrogens is 354 g/mol. The summed E-state index contributed by atoms with van der Waals surface area (Å²) in [5.41, 5.74) is 0.913. The number of rotatable bonds is 5. The highest BCUT2D eigenvalue weighted by Gasteiger charge is 2.23. The van der Waals surface area contributed by atoms with Gasteiger partial charge in [0, 0.05) is 12.3 Å². The highest BCUT2D eigenvalue weighted by molar-refractivity contribution is 7.92. The number of aryl methyl sites for hydroxylation is 1. The third-order valence-electron chi connectivity index (χ3n) is 3.33. The molecule has 24 heavy (non-hydrogen) atoms. The number of furan rings is 1. The first kappa shape index (κ1) is 16.4. The van der Waals surface area contributed by atoms with E-state index in [9.17, 15) is 8.42 Å². The number of nitrogens with one attached hydrogen (secondary N) is 2. The van der Waals surface area contributed by atoms with Crippen molar-refractivity contribution in [3.05, 3.63) is 47.3 Å². The van der Waals surface area contributed by atoms with Gasteiger partial charge in [0.05, 0.1) is 17.8 Å². The molecule has 0 unspecified atom stereocenters. The van der Waals surface area contributed by atoms with E-state index in [1.54, 1.807) is 31.3 Å². The highest BCUT2D eigenvalue weighted by atomic mass is 35.5. The fraction of sp³-hybridized carbons (Fsp3) is 0.133. The molecule has 0 aliphatic heterocycles. The first-order valence-corrected chi connectivity index (χ1v) is 8.73. The Balaban J connectivity index is 1.92. The number of nitrogens with zero attached hydrogens (tertiary/aromatic N) is 1. The minimum absolute atomic E-state index is 0.0408. The topological polar surface area (TPSA) is 97.2 Å². The number of aromatic nitrogens is 2. The standard InChI is InChI=1S/C15H14ClN3O4S/c1-9-15(8-14(23-9)12-5-6-17-18-12)24(20,21)19-10-3-4-13(22-2)11(16)7-10/h3-8,19H,1-2H3,(H,17,18). The van der Waals surface area contributed by atoms with Crippen molar-refractivity contribution in [2.24, 2.45) is 0 Å². The van der Waals surface area contributed by atoms with Gasteiger partial charge in [0.15, 0.2) is 5.76 Å². The molecule has 9 heteroatoms. The Labute approximate surface area is 143 Å². The van der Waals surface area contributed by atoms with Gasteiger partial charge < -0.3 is 9.15 Å². The average Bonchev–Trinajstić information content (AvgIpc) is 3.16. The molecule has 2 N–H and O–H groups in total. The van der Waals surface area contributed by atoms with Crippen LogP contribution in [0.25, 0.3) is 11.5 Å². The maximum atomic E-state index is 12.6. The van der Waals surface area contributed by atoms with Gasteiger partial charge in [0.2, 0.25) is 0 Å². The molecule has 0 amide bonds. The van der Waals surface area contributed by atoms with Crippen LogP contribution in [0, 0.1) is 6.92 Å². The Morgan fingerprint density at radius 1 is 1.29 bits per heavy atom. The average molecular weight is 368 g/mol. The van der Waals surface area contributed by atoms with E-state index < -0.39 is 10.0 Å². The molecule has 0 fully saturated rings. The van der Waals surface area contributed by atoms with Crippen molar-refractivity contribution in [2.45, 2.75) is 11.8 Å². The Morgan fingerprint density at radius 2 is 2.08 bits per heavy atom. The molecule has 0 bridgehead atoms. The number of hydrogen-bond acceptors (Lipinski definition) is 5. The van der Waals surface area contributed by atoms with E-state index in [-0.39, 0.29) is 10.7 Å². The van der Waals surface area contributed by atoms with E-state index in [4.69, 9.17) is 20.8 Å². The van der Waals surface area contributed by atoms with Crippen LogP contribution < -0.4 is 9.46 Å². The normalized spacial score (nSPS) is 11.5. The van der Waals surface area contributed by atoms with Crippen molar-refractivity contribution in [2.75, 3.05) is 11.8 Å². The van der Waals surface area contributed by atoms with Crippen molar-refractivity contribution in [1.29, 1.82) is 0 Å². The van der Waals surface area contributed by atoms with Crippen LogP contribution in [-0.2, 0) is 10.0 Å². The number of ether oxygens (including phenoxy) is 1. The van der Waals surface area contributed by atoms with Crippen molar-refractivity contribution >= 4 is 27.3 Å². The molecule has 126 valence electrons. The first-order chi connectivity index (χ1) is 11.4. The van der Waals surface area contributed by atoms with Gasteiger partial charge in [-0.25, -0.2) is 8.42 Å². The van der Waals surface area contributed by atoms with Crippen LogP contribution in [0.1, 0.15) is 5.76 Å². The summed E-state index contributed by atoms with van der Waals surface area (Å²) in [6.45, 7) is 1.58. The molecule has 0 saturated carbocycles. The zero-order valence-electron chi connectivity index (χ0n) is 12.8. The lowest BCUT2D eigenvalue weighted by Crippen LogP contribution is -2.13. The van der Waals surface area contributed by atoms with E-state index >= 15 is 0 Å². The van der Waals surface area contributed by atoms with Gasteiger partial charge in [0.1, 0.15) is 22.1 Å². The summed E-state index contributed by atoms with van der Waals surface area (Å²) in [5, 5.41) is 6.85. The molecule has 0 radical (unpaired) electrons. The quantitative estimate of drug-likeness (QED) is 0.719. The van der Waals surface area contributed by atoms with E-state index in [0.717, 1.165) is 0 Å². The minimum atomic E-state index is -3.83. The highest BCUT2D eigenvalue weighted by Crippen LogP contribution is 2.31. The molecule has 1 aromatic carbocycles. The molecule has 0 atom stereocenters. The van der Waals surface area contributed by atoms with Gasteiger partial charge in [-0.3, -0.25) is 9.82 Å². The fourth-order valence-electron chi connectivity index (χ4n) is 2.20. The number of sulfonamides is 1. The van der Waals surface area contributed by atoms with E-state index in [1.807, 2.05) is 0 Å². The van der Waals surface area contributed by atoms with Crippen LogP contribution in [-0.4, -0.2) is 25.7 Å². The van der Waals surface area contributed by atoms with Crippen LogP contribution in [0.3, 0.4) is 0 Å². The molecule has 0 spiro atoms. The maximum absolute atomic E-state index is 12.6. The number of benzene rings is 1. The number of anilines is 1. The third-order valence-corrected chi connectivity index (χ3v) is 5.12. The van der Waals surface area contributed by atoms with Crippen LogP contribution >= 0.6 is 11.6 Å². The number of halogens is 1. The van der Waals surface area contributed by atoms with Crippen LogP contribution in [0.5, 0.6) is 5.75 Å². The molecule has 2 heterocycles. The second-order valence-corrected chi connectivity index (χ2v) is 7.01. The lowest BCUT2D eigenvalue weighted by Gasteiger charge is -2.09. The second kappa shape index (κ2) is 6.21. The number of methoxy groups -OCH3 is 1. The summed E-state index contributed by atoms with van der Waals surface area (Å²) in [6.07, 6.45) is 1.55. The van der Waals surface area contributed by atoms with Crippen molar-refractivity contribution in [1.82, 2.24) is 10.2 Å². The summed E-state index contributed by atoms with van der Waals surface area (Å²) in [7, 11) is -2.35. The van der Waals surface area contributed by atoms with Crippen molar-refractivity contribution in [3.8, 4) is 17.2 Å². The van der Waals surface area contributed by atoms with Crippen LogP contribution in [0.4, 0.5) is 5.69 Å². The molecule has 0 saturated heterocycles. The van der Waals surface area contributed by atoms with Crippen molar-refractivity contribution in [3.63, 3.8) is 0 Å². The van der Waals surface area contributed by atoms with E-state index in [1.165, 1.54) is 19.2 Å². The Hall–Kier alpha value is -2.45. The minimum Gasteiger partial charge on any atom is -0.495 e. The molecule has 0 aliphatic rings. The zero-order chi connectivity index (χ0) is 17.3. The molecule has 7 nitrogen and oxygen atoms in total. The fourth-order valence-corrected chi connectivity index (χ4v) is 3.69. The predicted molar refractivity (Wildman–Crippen MR) is 89.8 cm³/mol. The predicted octanol–water partition coefficient (Wildman–Crippen LogP) is 3.44. The zero-order valence-corrected chi connectivity index (χ0v) is 14.4. The van der Waals surface area contributed by atoms with Gasteiger partial charge >= 0.3 is 0 Å². The van der Waals surface area contributed by atoms with Crippen LogP contribution in [0.2, 0.25) is 5.02 Å². The first-order valence-electron chi connectivity index (χ1n) is 6.87. The number of hydrogen-bond donors (Lipinski definition) is 2. The summed E-state index contributed by atoms with van der Waals surface area (Å²) >= 11 is 6.02. The van der Waals surface area contributed by atoms with Gasteiger partial charge in [-0.05, 0) is 31.2 Å². The molecule has 0 aliphatic carbocycles. The summed E-state index contributed by atoms with van der Waals surface area (Å²) in [6, 6.07) is 7.75. The molecular formula is C15H14ClN3O4S. The van der Waals surface area contributed by atoms with Crippen molar-refractivity contribution < 1.29 is 17.6 Å². The smallest absolute Gasteiger partial charge is 0.265 e. The van der Waals surface area contributed by atoms with Crippen LogP contribution in [0.15, 0.2) is 45.8 Å². The van der Waals surface area contributed by atoms with Gasteiger partial charge in [0.25, 0.3) is 10.0 Å². The summed E-state index contributed by atoms with van der Waals surface area (Å²) in [5.74, 6) is 1.12. The lowest BCUT2D eigenvalue weighted by atomic mass is 10.3. The van der Waals surface area contributed by atoms with Gasteiger partial charge in [-0.15, -0.1) is 0 Å². The maximum Gasteiger partial charge on any atom is 0.265 e. The third kappa shape index (κ3) is 3.10. The largest absolute Gasteiger partial charge is 0.495 e. The number of H-pyrrole nitrogens is 1. The molecule has 3 rings (SSSR count). The van der Waals surface area contributed by atoms with Gasteiger partial charge in [-0.2, -0.15) is 5.10 Å². The van der Waals surface area contributed by atoms with Gasteiger partial charge in [-0.1, -0.05) is 11.6 Å². The Bertz CT molecular complexity index is 965. The molecule has 2 aromatic heterocycles. The Morgan fingerprint density at radius 3 is 2.71 bits per heavy atom. The molecule has 3 aromatic rings. The number of aromatic amines is 1. The van der Waals surface area contributed by atoms with E-state index in [0.29, 0.717) is 27.9 Å². The SMILES string of the molecule is COc1ccc(NS(=O)(=O)c2cc(-c3ccn[nH]3)oc2C)cc1Cl. The summed E-state index contributed by atoms with van der Waals surface area (Å²) in [4.78, 5) is 0.0408. The monoisotopic (exact) mass is 367 g/mol. The summed E-state index contributed by atoms with van der Waals surface area (Å²) < 4.78 is 38.2. The lowest BCUT2D eigenvalue weighted by molar-refractivity contribution is 0.415.